The van der Waals surface area contributed by atoms with Crippen molar-refractivity contribution in [2.45, 2.75) is 6.61 Å². The van der Waals surface area contributed by atoms with Crippen LogP contribution in [0.25, 0.3) is 5.57 Å². The molecule has 1 saturated heterocycles. The van der Waals surface area contributed by atoms with Gasteiger partial charge in [0.05, 0.1) is 12.7 Å². The van der Waals surface area contributed by atoms with Crippen molar-refractivity contribution in [3.05, 3.63) is 70.8 Å². The topological polar surface area (TPSA) is 38.8 Å². The number of nitrogens with zero attached hydrogens (tertiary/aromatic N) is 1. The molecule has 0 radical (unpaired) electrons. The summed E-state index contributed by atoms with van der Waals surface area (Å²) >= 11 is 2.01. The van der Waals surface area contributed by atoms with Crippen LogP contribution in [0.5, 0.6) is 5.75 Å². The van der Waals surface area contributed by atoms with E-state index in [0.717, 1.165) is 42.1 Å². The molecule has 0 bridgehead atoms. The SMILES string of the molecule is COC(=O)c1ccc2c(c1)C(=CCN1CCSCC1)c1ccccc1CO2. The maximum Gasteiger partial charge on any atom is 0.337 e. The first-order chi connectivity index (χ1) is 13.3. The molecule has 2 heterocycles. The molecule has 0 N–H and O–H groups in total. The summed E-state index contributed by atoms with van der Waals surface area (Å²) in [5, 5.41) is 0. The largest absolute Gasteiger partial charge is 0.488 e. The molecule has 4 rings (SSSR count). The molecule has 0 amide bonds. The molecule has 5 heteroatoms. The number of rotatable bonds is 3. The molecule has 2 aliphatic rings. The number of fused-ring (bicyclic) bond motifs is 2. The van der Waals surface area contributed by atoms with Gasteiger partial charge in [0, 0.05) is 36.7 Å². The third kappa shape index (κ3) is 3.89. The van der Waals surface area contributed by atoms with Gasteiger partial charge in [-0.05, 0) is 34.9 Å². The van der Waals surface area contributed by atoms with Crippen molar-refractivity contribution in [3.63, 3.8) is 0 Å². The lowest BCUT2D eigenvalue weighted by molar-refractivity contribution is 0.0600. The first-order valence-corrected chi connectivity index (χ1v) is 10.4. The van der Waals surface area contributed by atoms with Gasteiger partial charge in [-0.2, -0.15) is 11.8 Å². The van der Waals surface area contributed by atoms with Gasteiger partial charge in [0.1, 0.15) is 12.4 Å². The normalized spacial score (nSPS) is 18.2. The van der Waals surface area contributed by atoms with Gasteiger partial charge in [0.25, 0.3) is 0 Å². The highest BCUT2D eigenvalue weighted by Gasteiger charge is 2.21. The maximum atomic E-state index is 12.0. The first-order valence-electron chi connectivity index (χ1n) is 9.20. The molecule has 0 saturated carbocycles. The van der Waals surface area contributed by atoms with Crippen LogP contribution in [0.1, 0.15) is 27.0 Å². The summed E-state index contributed by atoms with van der Waals surface area (Å²) in [5.41, 5.74) is 4.95. The third-order valence-corrected chi connectivity index (χ3v) is 5.98. The zero-order chi connectivity index (χ0) is 18.6. The molecule has 2 aliphatic heterocycles. The molecule has 2 aromatic carbocycles. The fourth-order valence-corrected chi connectivity index (χ4v) is 4.52. The van der Waals surface area contributed by atoms with E-state index >= 15 is 0 Å². The van der Waals surface area contributed by atoms with Crippen LogP contribution < -0.4 is 4.74 Å². The Balaban J connectivity index is 1.78. The number of thioether (sulfide) groups is 1. The smallest absolute Gasteiger partial charge is 0.337 e. The molecule has 0 atom stereocenters. The summed E-state index contributed by atoms with van der Waals surface area (Å²) in [5.74, 6) is 2.85. The minimum absolute atomic E-state index is 0.331. The summed E-state index contributed by atoms with van der Waals surface area (Å²) in [6, 6.07) is 13.9. The van der Waals surface area contributed by atoms with Crippen LogP contribution >= 0.6 is 11.8 Å². The Labute approximate surface area is 164 Å². The van der Waals surface area contributed by atoms with Crippen molar-refractivity contribution in [2.24, 2.45) is 0 Å². The van der Waals surface area contributed by atoms with E-state index in [0.29, 0.717) is 12.2 Å². The molecule has 140 valence electrons. The van der Waals surface area contributed by atoms with E-state index in [1.54, 1.807) is 6.07 Å². The van der Waals surface area contributed by atoms with Crippen molar-refractivity contribution in [3.8, 4) is 5.75 Å². The van der Waals surface area contributed by atoms with E-state index < -0.39 is 0 Å². The fourth-order valence-electron chi connectivity index (χ4n) is 3.54. The number of hydrogen-bond acceptors (Lipinski definition) is 5. The molecule has 1 fully saturated rings. The molecule has 4 nitrogen and oxygen atoms in total. The van der Waals surface area contributed by atoms with Crippen LogP contribution in [0.3, 0.4) is 0 Å². The molecule has 2 aromatic rings. The van der Waals surface area contributed by atoms with Gasteiger partial charge in [0.15, 0.2) is 0 Å². The number of benzene rings is 2. The van der Waals surface area contributed by atoms with Crippen molar-refractivity contribution < 1.29 is 14.3 Å². The minimum atomic E-state index is -0.331. The zero-order valence-electron chi connectivity index (χ0n) is 15.4. The Bertz CT molecular complexity index is 872. The predicted octanol–water partition coefficient (Wildman–Crippen LogP) is 3.85. The number of esters is 1. The van der Waals surface area contributed by atoms with Crippen LogP contribution in [0.15, 0.2) is 48.5 Å². The summed E-state index contributed by atoms with van der Waals surface area (Å²) < 4.78 is 11.0. The lowest BCUT2D eigenvalue weighted by atomic mass is 9.93. The van der Waals surface area contributed by atoms with Gasteiger partial charge in [-0.1, -0.05) is 30.3 Å². The van der Waals surface area contributed by atoms with Crippen LogP contribution in [-0.2, 0) is 11.3 Å². The van der Waals surface area contributed by atoms with Crippen molar-refractivity contribution in [1.82, 2.24) is 4.90 Å². The summed E-state index contributed by atoms with van der Waals surface area (Å²) in [7, 11) is 1.41. The Morgan fingerprint density at radius 3 is 2.81 bits per heavy atom. The van der Waals surface area contributed by atoms with E-state index in [9.17, 15) is 4.79 Å². The van der Waals surface area contributed by atoms with Gasteiger partial charge in [-0.15, -0.1) is 0 Å². The molecular formula is C22H23NO3S. The number of carbonyl (C=O) groups is 1. The summed E-state index contributed by atoms with van der Waals surface area (Å²) in [4.78, 5) is 14.5. The molecule has 0 aromatic heterocycles. The fraction of sp³-hybridized carbons (Fsp3) is 0.318. The van der Waals surface area contributed by atoms with E-state index in [2.05, 4.69) is 29.2 Å². The number of hydrogen-bond donors (Lipinski definition) is 0. The lowest BCUT2D eigenvalue weighted by Crippen LogP contribution is -2.32. The minimum Gasteiger partial charge on any atom is -0.488 e. The third-order valence-electron chi connectivity index (χ3n) is 5.04. The van der Waals surface area contributed by atoms with E-state index in [1.807, 2.05) is 30.0 Å². The second-order valence-electron chi connectivity index (χ2n) is 6.68. The van der Waals surface area contributed by atoms with Crippen LogP contribution in [0.4, 0.5) is 0 Å². The number of methoxy groups -OCH3 is 1. The lowest BCUT2D eigenvalue weighted by Gasteiger charge is -2.25. The average molecular weight is 381 g/mol. The Hall–Kier alpha value is -2.24. The number of ether oxygens (including phenoxy) is 2. The highest BCUT2D eigenvalue weighted by Crippen LogP contribution is 2.37. The van der Waals surface area contributed by atoms with E-state index in [1.165, 1.54) is 24.2 Å². The predicted molar refractivity (Wildman–Crippen MR) is 109 cm³/mol. The Morgan fingerprint density at radius 1 is 1.19 bits per heavy atom. The van der Waals surface area contributed by atoms with Gasteiger partial charge in [-0.3, -0.25) is 4.90 Å². The summed E-state index contributed by atoms with van der Waals surface area (Å²) in [6.45, 7) is 3.65. The molecule has 0 unspecified atom stereocenters. The van der Waals surface area contributed by atoms with Gasteiger partial charge < -0.3 is 9.47 Å². The molecule has 0 aliphatic carbocycles. The van der Waals surface area contributed by atoms with Crippen LogP contribution in [-0.4, -0.2) is 49.1 Å². The quantitative estimate of drug-likeness (QED) is 0.755. The van der Waals surface area contributed by atoms with Gasteiger partial charge in [0.2, 0.25) is 0 Å². The van der Waals surface area contributed by atoms with Crippen molar-refractivity contribution in [1.29, 1.82) is 0 Å². The molecule has 27 heavy (non-hydrogen) atoms. The maximum absolute atomic E-state index is 12.0. The standard InChI is InChI=1S/C22H23NO3S/c1-25-22(24)16-6-7-21-20(14-16)19(8-9-23-10-12-27-13-11-23)18-5-3-2-4-17(18)15-26-21/h2-8,14H,9-13,15H2,1H3. The Morgan fingerprint density at radius 2 is 2.00 bits per heavy atom. The molecule has 0 spiro atoms. The second-order valence-corrected chi connectivity index (χ2v) is 7.90. The van der Waals surface area contributed by atoms with E-state index in [-0.39, 0.29) is 5.97 Å². The second kappa shape index (κ2) is 8.19. The van der Waals surface area contributed by atoms with Crippen molar-refractivity contribution in [2.75, 3.05) is 38.2 Å². The summed E-state index contributed by atoms with van der Waals surface area (Å²) in [6.07, 6.45) is 2.28. The highest BCUT2D eigenvalue weighted by atomic mass is 32.2. The van der Waals surface area contributed by atoms with Crippen LogP contribution in [0, 0.1) is 0 Å². The van der Waals surface area contributed by atoms with Crippen LogP contribution in [0.2, 0.25) is 0 Å². The molecular weight excluding hydrogens is 358 g/mol. The van der Waals surface area contributed by atoms with Crippen molar-refractivity contribution >= 4 is 23.3 Å². The van der Waals surface area contributed by atoms with Gasteiger partial charge >= 0.3 is 5.97 Å². The monoisotopic (exact) mass is 381 g/mol. The number of carbonyl (C=O) groups excluding carboxylic acids is 1. The average Bonchev–Trinajstić information content (AvgIpc) is 2.88. The first kappa shape index (κ1) is 18.1. The van der Waals surface area contributed by atoms with E-state index in [4.69, 9.17) is 9.47 Å². The Kier molecular flexibility index (Phi) is 5.50. The van der Waals surface area contributed by atoms with Gasteiger partial charge in [-0.25, -0.2) is 4.79 Å². The zero-order valence-corrected chi connectivity index (χ0v) is 16.3. The highest BCUT2D eigenvalue weighted by molar-refractivity contribution is 7.99.